The number of likely N-dealkylation sites (N-methyl/N-ethyl adjacent to an activating group) is 1. The third-order valence-corrected chi connectivity index (χ3v) is 2.03. The molecular weight excluding hydrogens is 150 g/mol. The lowest BCUT2D eigenvalue weighted by Gasteiger charge is -2.09. The highest BCUT2D eigenvalue weighted by atomic mass is 16.3. The van der Waals surface area contributed by atoms with Crippen molar-refractivity contribution in [2.45, 2.75) is 19.9 Å². The Hall–Kier alpha value is -1.02. The van der Waals surface area contributed by atoms with E-state index in [0.717, 1.165) is 5.76 Å². The smallest absolute Gasteiger partial charge is 0.126 e. The number of hydrogen-bond donors (Lipinski definition) is 1. The second-order valence-corrected chi connectivity index (χ2v) is 2.91. The van der Waals surface area contributed by atoms with Crippen molar-refractivity contribution in [3.63, 3.8) is 0 Å². The first kappa shape index (κ1) is 9.07. The summed E-state index contributed by atoms with van der Waals surface area (Å²) in [5.41, 5.74) is 1.27. The van der Waals surface area contributed by atoms with Crippen LogP contribution in [0, 0.1) is 0 Å². The van der Waals surface area contributed by atoms with Gasteiger partial charge in [-0.3, -0.25) is 0 Å². The van der Waals surface area contributed by atoms with Gasteiger partial charge in [0.1, 0.15) is 5.76 Å². The summed E-state index contributed by atoms with van der Waals surface area (Å²) in [5, 5.41) is 3.17. The zero-order chi connectivity index (χ0) is 8.97. The zero-order valence-corrected chi connectivity index (χ0v) is 7.79. The Labute approximate surface area is 73.3 Å². The van der Waals surface area contributed by atoms with E-state index >= 15 is 0 Å². The highest BCUT2D eigenvalue weighted by molar-refractivity contribution is 5.47. The Balaban J connectivity index is 2.69. The Kier molecular flexibility index (Phi) is 3.11. The molecule has 0 saturated carbocycles. The summed E-state index contributed by atoms with van der Waals surface area (Å²) in [5.74, 6) is 0.912. The van der Waals surface area contributed by atoms with Gasteiger partial charge in [0.15, 0.2) is 0 Å². The molecule has 0 amide bonds. The molecule has 0 aliphatic rings. The number of rotatable bonds is 3. The largest absolute Gasteiger partial charge is 0.465 e. The molecule has 0 spiro atoms. The third-order valence-electron chi connectivity index (χ3n) is 2.03. The lowest BCUT2D eigenvalue weighted by atomic mass is 10.1. The van der Waals surface area contributed by atoms with Gasteiger partial charge in [-0.1, -0.05) is 5.57 Å². The van der Waals surface area contributed by atoms with E-state index in [1.165, 1.54) is 5.57 Å². The SMILES string of the molecule is CNC(C)/C(C)=C/c1ccco1. The topological polar surface area (TPSA) is 25.2 Å². The van der Waals surface area contributed by atoms with Crippen LogP contribution in [0.3, 0.4) is 0 Å². The first-order chi connectivity index (χ1) is 5.74. The van der Waals surface area contributed by atoms with Gasteiger partial charge in [0.05, 0.1) is 6.26 Å². The molecular formula is C10H15NO. The molecule has 2 heteroatoms. The standard InChI is InChI=1S/C10H15NO/c1-8(9(2)11-3)7-10-5-4-6-12-10/h4-7,9,11H,1-3H3/b8-7+. The lowest BCUT2D eigenvalue weighted by molar-refractivity contribution is 0.555. The van der Waals surface area contributed by atoms with E-state index in [1.807, 2.05) is 25.3 Å². The van der Waals surface area contributed by atoms with Crippen LogP contribution < -0.4 is 5.32 Å². The molecule has 1 N–H and O–H groups in total. The van der Waals surface area contributed by atoms with Crippen molar-refractivity contribution in [2.24, 2.45) is 0 Å². The lowest BCUT2D eigenvalue weighted by Crippen LogP contribution is -2.21. The van der Waals surface area contributed by atoms with E-state index in [-0.39, 0.29) is 0 Å². The molecule has 1 aromatic heterocycles. The number of hydrogen-bond acceptors (Lipinski definition) is 2. The number of nitrogens with one attached hydrogen (secondary N) is 1. The monoisotopic (exact) mass is 165 g/mol. The van der Waals surface area contributed by atoms with Gasteiger partial charge in [-0.05, 0) is 39.1 Å². The van der Waals surface area contributed by atoms with Crippen molar-refractivity contribution < 1.29 is 4.42 Å². The van der Waals surface area contributed by atoms with Crippen LogP contribution in [0.25, 0.3) is 6.08 Å². The van der Waals surface area contributed by atoms with Gasteiger partial charge in [-0.2, -0.15) is 0 Å². The highest BCUT2D eigenvalue weighted by Crippen LogP contribution is 2.09. The van der Waals surface area contributed by atoms with Gasteiger partial charge >= 0.3 is 0 Å². The van der Waals surface area contributed by atoms with Crippen LogP contribution in [-0.4, -0.2) is 13.1 Å². The van der Waals surface area contributed by atoms with Gasteiger partial charge < -0.3 is 9.73 Å². The molecule has 0 radical (unpaired) electrons. The minimum atomic E-state index is 0.398. The molecule has 1 heterocycles. The Morgan fingerprint density at radius 2 is 2.42 bits per heavy atom. The van der Waals surface area contributed by atoms with Crippen molar-refractivity contribution >= 4 is 6.08 Å². The molecule has 12 heavy (non-hydrogen) atoms. The molecule has 1 unspecified atom stereocenters. The molecule has 2 nitrogen and oxygen atoms in total. The van der Waals surface area contributed by atoms with Crippen LogP contribution in [0.2, 0.25) is 0 Å². The molecule has 0 bridgehead atoms. The maximum absolute atomic E-state index is 5.19. The third kappa shape index (κ3) is 2.24. The molecule has 0 saturated heterocycles. The molecule has 0 fully saturated rings. The Morgan fingerprint density at radius 1 is 1.67 bits per heavy atom. The molecule has 0 aliphatic heterocycles. The number of furan rings is 1. The summed E-state index contributed by atoms with van der Waals surface area (Å²) < 4.78 is 5.19. The van der Waals surface area contributed by atoms with Gasteiger partial charge in [-0.25, -0.2) is 0 Å². The summed E-state index contributed by atoms with van der Waals surface area (Å²) in [6.45, 7) is 4.21. The molecule has 0 aromatic carbocycles. The van der Waals surface area contributed by atoms with Crippen LogP contribution in [-0.2, 0) is 0 Å². The first-order valence-corrected chi connectivity index (χ1v) is 4.13. The molecule has 66 valence electrons. The summed E-state index contributed by atoms with van der Waals surface area (Å²) >= 11 is 0. The van der Waals surface area contributed by atoms with Crippen LogP contribution >= 0.6 is 0 Å². The molecule has 1 atom stereocenters. The van der Waals surface area contributed by atoms with Crippen molar-refractivity contribution in [3.8, 4) is 0 Å². The Morgan fingerprint density at radius 3 is 2.92 bits per heavy atom. The summed E-state index contributed by atoms with van der Waals surface area (Å²) in [6, 6.07) is 4.24. The second kappa shape index (κ2) is 4.12. The van der Waals surface area contributed by atoms with E-state index in [4.69, 9.17) is 4.42 Å². The predicted octanol–water partition coefficient (Wildman–Crippen LogP) is 2.29. The molecule has 1 rings (SSSR count). The fourth-order valence-electron chi connectivity index (χ4n) is 0.950. The van der Waals surface area contributed by atoms with Crippen LogP contribution in [0.4, 0.5) is 0 Å². The average Bonchev–Trinajstić information content (AvgIpc) is 2.55. The van der Waals surface area contributed by atoms with Crippen molar-refractivity contribution in [3.05, 3.63) is 29.7 Å². The van der Waals surface area contributed by atoms with Crippen molar-refractivity contribution in [1.29, 1.82) is 0 Å². The van der Waals surface area contributed by atoms with E-state index in [1.54, 1.807) is 6.26 Å². The minimum absolute atomic E-state index is 0.398. The fraction of sp³-hybridized carbons (Fsp3) is 0.400. The summed E-state index contributed by atoms with van der Waals surface area (Å²) in [6.07, 6.45) is 3.73. The van der Waals surface area contributed by atoms with E-state index in [0.29, 0.717) is 6.04 Å². The minimum Gasteiger partial charge on any atom is -0.465 e. The predicted molar refractivity (Wildman–Crippen MR) is 50.9 cm³/mol. The van der Waals surface area contributed by atoms with Gasteiger partial charge in [-0.15, -0.1) is 0 Å². The summed E-state index contributed by atoms with van der Waals surface area (Å²) in [7, 11) is 1.95. The fourth-order valence-corrected chi connectivity index (χ4v) is 0.950. The molecule has 0 aliphatic carbocycles. The van der Waals surface area contributed by atoms with E-state index in [9.17, 15) is 0 Å². The maximum Gasteiger partial charge on any atom is 0.126 e. The molecule has 1 aromatic rings. The second-order valence-electron chi connectivity index (χ2n) is 2.91. The maximum atomic E-state index is 5.19. The summed E-state index contributed by atoms with van der Waals surface area (Å²) in [4.78, 5) is 0. The van der Waals surface area contributed by atoms with Gasteiger partial charge in [0.2, 0.25) is 0 Å². The quantitative estimate of drug-likeness (QED) is 0.743. The van der Waals surface area contributed by atoms with Crippen molar-refractivity contribution in [2.75, 3.05) is 7.05 Å². The van der Waals surface area contributed by atoms with E-state index < -0.39 is 0 Å². The van der Waals surface area contributed by atoms with Gasteiger partial charge in [0, 0.05) is 6.04 Å². The van der Waals surface area contributed by atoms with Crippen LogP contribution in [0.1, 0.15) is 19.6 Å². The Bertz CT molecular complexity index is 249. The zero-order valence-electron chi connectivity index (χ0n) is 7.79. The van der Waals surface area contributed by atoms with Crippen molar-refractivity contribution in [1.82, 2.24) is 5.32 Å². The normalized spacial score (nSPS) is 14.8. The van der Waals surface area contributed by atoms with Crippen LogP contribution in [0.5, 0.6) is 0 Å². The first-order valence-electron chi connectivity index (χ1n) is 4.13. The highest BCUT2D eigenvalue weighted by Gasteiger charge is 2.00. The van der Waals surface area contributed by atoms with E-state index in [2.05, 4.69) is 19.2 Å². The average molecular weight is 165 g/mol. The van der Waals surface area contributed by atoms with Crippen LogP contribution in [0.15, 0.2) is 28.4 Å². The van der Waals surface area contributed by atoms with Gasteiger partial charge in [0.25, 0.3) is 0 Å².